The van der Waals surface area contributed by atoms with Crippen LogP contribution >= 0.6 is 0 Å². The minimum Gasteiger partial charge on any atom is -0.352 e. The van der Waals surface area contributed by atoms with Gasteiger partial charge in [0.1, 0.15) is 6.04 Å². The summed E-state index contributed by atoms with van der Waals surface area (Å²) in [5, 5.41) is 4.92. The molecule has 1 aliphatic rings. The van der Waals surface area contributed by atoms with Gasteiger partial charge in [-0.15, -0.1) is 0 Å². The summed E-state index contributed by atoms with van der Waals surface area (Å²) in [7, 11) is -2.50. The number of likely N-dealkylation sites (N-methyl/N-ethyl adjacent to an activating group) is 1. The Morgan fingerprint density at radius 3 is 2.28 bits per heavy atom. The van der Waals surface area contributed by atoms with Crippen LogP contribution < -0.4 is 5.32 Å². The van der Waals surface area contributed by atoms with Gasteiger partial charge in [0.05, 0.1) is 11.4 Å². The van der Waals surface area contributed by atoms with Gasteiger partial charge < -0.3 is 10.2 Å². The second-order valence-electron chi connectivity index (χ2n) is 10.4. The van der Waals surface area contributed by atoms with E-state index in [2.05, 4.69) is 5.32 Å². The molecule has 0 bridgehead atoms. The molecule has 39 heavy (non-hydrogen) atoms. The predicted octanol–water partition coefficient (Wildman–Crippen LogP) is 4.76. The highest BCUT2D eigenvalue weighted by Crippen LogP contribution is 2.22. The lowest BCUT2D eigenvalue weighted by molar-refractivity contribution is -0.141. The minimum atomic E-state index is -3.92. The molecule has 1 aliphatic carbocycles. The fraction of sp³-hybridized carbons (Fsp3) is 0.419. The first kappa shape index (κ1) is 28.8. The molecule has 0 unspecified atom stereocenters. The Morgan fingerprint density at radius 2 is 1.59 bits per heavy atom. The molecule has 0 aliphatic heterocycles. The van der Waals surface area contributed by atoms with Crippen molar-refractivity contribution in [1.29, 1.82) is 0 Å². The summed E-state index contributed by atoms with van der Waals surface area (Å²) >= 11 is 0. The average molecular weight is 550 g/mol. The van der Waals surface area contributed by atoms with E-state index in [0.29, 0.717) is 19.4 Å². The number of fused-ring (bicyclic) bond motifs is 1. The number of amides is 2. The van der Waals surface area contributed by atoms with Crippen molar-refractivity contribution in [2.24, 2.45) is 0 Å². The summed E-state index contributed by atoms with van der Waals surface area (Å²) in [6.45, 7) is 1.86. The zero-order chi connectivity index (χ0) is 27.8. The topological polar surface area (TPSA) is 86.8 Å². The first-order valence-corrected chi connectivity index (χ1v) is 15.3. The number of benzene rings is 3. The smallest absolute Gasteiger partial charge is 0.243 e. The van der Waals surface area contributed by atoms with Crippen LogP contribution in [0.15, 0.2) is 77.7 Å². The summed E-state index contributed by atoms with van der Waals surface area (Å²) in [5.41, 5.74) is 1.05. The third kappa shape index (κ3) is 7.25. The largest absolute Gasteiger partial charge is 0.352 e. The lowest BCUT2D eigenvalue weighted by Gasteiger charge is -2.33. The van der Waals surface area contributed by atoms with E-state index in [1.165, 1.54) is 13.5 Å². The molecular formula is C31H39N3O4S. The van der Waals surface area contributed by atoms with Gasteiger partial charge in [-0.25, -0.2) is 8.42 Å². The van der Waals surface area contributed by atoms with Crippen molar-refractivity contribution in [2.75, 3.05) is 20.1 Å². The first-order chi connectivity index (χ1) is 18.8. The molecule has 0 radical (unpaired) electrons. The molecule has 1 atom stereocenters. The lowest BCUT2D eigenvalue weighted by Crippen LogP contribution is -2.54. The van der Waals surface area contributed by atoms with Crippen LogP contribution in [0.1, 0.15) is 51.0 Å². The third-order valence-corrected chi connectivity index (χ3v) is 9.41. The standard InChI is InChI=1S/C31H39N3O4S/c1-3-29(31(36)32-27-16-8-5-9-17-27)34(21-20-24-12-6-4-7-13-24)30(35)23-33(2)39(37,38)28-19-18-25-14-10-11-15-26(25)22-28/h4,6-7,10-15,18-19,22,27,29H,3,5,8-9,16-17,20-21,23H2,1-2H3,(H,32,36)/t29-/m1/s1. The maximum atomic E-state index is 13.7. The normalized spacial score (nSPS) is 15.3. The number of hydrogen-bond acceptors (Lipinski definition) is 4. The Labute approximate surface area is 232 Å². The van der Waals surface area contributed by atoms with Crippen molar-refractivity contribution in [2.45, 2.75) is 68.8 Å². The van der Waals surface area contributed by atoms with Crippen LogP contribution in [-0.2, 0) is 26.0 Å². The van der Waals surface area contributed by atoms with Crippen molar-refractivity contribution in [1.82, 2.24) is 14.5 Å². The fourth-order valence-corrected chi connectivity index (χ4v) is 6.47. The maximum Gasteiger partial charge on any atom is 0.243 e. The number of sulfonamides is 1. The Bertz CT molecular complexity index is 1370. The second kappa shape index (κ2) is 13.2. The van der Waals surface area contributed by atoms with Crippen molar-refractivity contribution in [3.8, 4) is 0 Å². The lowest BCUT2D eigenvalue weighted by atomic mass is 9.95. The van der Waals surface area contributed by atoms with Gasteiger partial charge in [-0.2, -0.15) is 4.31 Å². The van der Waals surface area contributed by atoms with Gasteiger partial charge in [-0.05, 0) is 54.2 Å². The van der Waals surface area contributed by atoms with Gasteiger partial charge in [0.2, 0.25) is 21.8 Å². The molecule has 8 heteroatoms. The fourth-order valence-electron chi connectivity index (χ4n) is 5.31. The molecule has 208 valence electrons. The number of carbonyl (C=O) groups excluding carboxylic acids is 2. The van der Waals surface area contributed by atoms with Gasteiger partial charge in [-0.3, -0.25) is 9.59 Å². The van der Waals surface area contributed by atoms with Crippen molar-refractivity contribution >= 4 is 32.6 Å². The molecule has 0 aromatic heterocycles. The van der Waals surface area contributed by atoms with E-state index in [-0.39, 0.29) is 29.3 Å². The summed E-state index contributed by atoms with van der Waals surface area (Å²) in [4.78, 5) is 28.8. The molecule has 1 fully saturated rings. The number of nitrogens with one attached hydrogen (secondary N) is 1. The third-order valence-electron chi connectivity index (χ3n) is 7.61. The van der Waals surface area contributed by atoms with Crippen molar-refractivity contribution in [3.05, 3.63) is 78.4 Å². The van der Waals surface area contributed by atoms with Crippen LogP contribution in [0.3, 0.4) is 0 Å². The number of nitrogens with zero attached hydrogens (tertiary/aromatic N) is 2. The molecule has 0 saturated heterocycles. The van der Waals surface area contributed by atoms with E-state index in [0.717, 1.165) is 46.3 Å². The molecule has 3 aromatic carbocycles. The van der Waals surface area contributed by atoms with Gasteiger partial charge in [0.25, 0.3) is 0 Å². The van der Waals surface area contributed by atoms with Gasteiger partial charge in [-0.1, -0.05) is 86.8 Å². The highest BCUT2D eigenvalue weighted by molar-refractivity contribution is 7.89. The number of carbonyl (C=O) groups is 2. The van der Waals surface area contributed by atoms with E-state index in [4.69, 9.17) is 0 Å². The van der Waals surface area contributed by atoms with E-state index in [9.17, 15) is 18.0 Å². The van der Waals surface area contributed by atoms with Crippen LogP contribution in [0, 0.1) is 0 Å². The van der Waals surface area contributed by atoms with Crippen LogP contribution in [-0.4, -0.2) is 61.7 Å². The molecule has 7 nitrogen and oxygen atoms in total. The first-order valence-electron chi connectivity index (χ1n) is 13.9. The highest BCUT2D eigenvalue weighted by Gasteiger charge is 2.32. The molecule has 1 N–H and O–H groups in total. The monoisotopic (exact) mass is 549 g/mol. The molecule has 4 rings (SSSR count). The van der Waals surface area contributed by atoms with Gasteiger partial charge >= 0.3 is 0 Å². The van der Waals surface area contributed by atoms with Crippen molar-refractivity contribution in [3.63, 3.8) is 0 Å². The van der Waals surface area contributed by atoms with Gasteiger partial charge in [0, 0.05) is 19.6 Å². The van der Waals surface area contributed by atoms with Crippen LogP contribution in [0.2, 0.25) is 0 Å². The molecule has 0 spiro atoms. The summed E-state index contributed by atoms with van der Waals surface area (Å²) in [6.07, 6.45) is 6.29. The maximum absolute atomic E-state index is 13.7. The van der Waals surface area contributed by atoms with Crippen molar-refractivity contribution < 1.29 is 18.0 Å². The molecule has 0 heterocycles. The Balaban J connectivity index is 1.53. The van der Waals surface area contributed by atoms with E-state index < -0.39 is 16.1 Å². The molecule has 2 amide bonds. The van der Waals surface area contributed by atoms with Gasteiger partial charge in [0.15, 0.2) is 0 Å². The molecular weight excluding hydrogens is 510 g/mol. The quantitative estimate of drug-likeness (QED) is 0.374. The number of hydrogen-bond donors (Lipinski definition) is 1. The summed E-state index contributed by atoms with van der Waals surface area (Å²) in [6, 6.07) is 21.8. The average Bonchev–Trinajstić information content (AvgIpc) is 2.95. The predicted molar refractivity (Wildman–Crippen MR) is 155 cm³/mol. The van der Waals surface area contributed by atoms with Crippen LogP contribution in [0.5, 0.6) is 0 Å². The Kier molecular flexibility index (Phi) is 9.75. The Hall–Kier alpha value is -3.23. The molecule has 3 aromatic rings. The Morgan fingerprint density at radius 1 is 0.923 bits per heavy atom. The number of rotatable bonds is 11. The second-order valence-corrected chi connectivity index (χ2v) is 12.4. The zero-order valence-corrected chi connectivity index (χ0v) is 23.7. The van der Waals surface area contributed by atoms with E-state index >= 15 is 0 Å². The van der Waals surface area contributed by atoms with E-state index in [1.54, 1.807) is 23.1 Å². The van der Waals surface area contributed by atoms with E-state index in [1.807, 2.05) is 61.5 Å². The van der Waals surface area contributed by atoms with Crippen LogP contribution in [0.4, 0.5) is 0 Å². The minimum absolute atomic E-state index is 0.127. The molecule has 1 saturated carbocycles. The van der Waals surface area contributed by atoms with Crippen LogP contribution in [0.25, 0.3) is 10.8 Å². The zero-order valence-electron chi connectivity index (χ0n) is 22.9. The SMILES string of the molecule is CC[C@H](C(=O)NC1CCCCC1)N(CCc1ccccc1)C(=O)CN(C)S(=O)(=O)c1ccc2ccccc2c1. The highest BCUT2D eigenvalue weighted by atomic mass is 32.2. The summed E-state index contributed by atoms with van der Waals surface area (Å²) < 4.78 is 27.9. The summed E-state index contributed by atoms with van der Waals surface area (Å²) in [5.74, 6) is -0.547.